The molecule has 96 valence electrons. The summed E-state index contributed by atoms with van der Waals surface area (Å²) in [6.45, 7) is 0. The molecule has 0 heterocycles. The maximum atomic E-state index is 13.2. The van der Waals surface area contributed by atoms with Gasteiger partial charge in [0.15, 0.2) is 0 Å². The fourth-order valence-corrected chi connectivity index (χ4v) is 1.27. The molecule has 0 bridgehead atoms. The van der Waals surface area contributed by atoms with Gasteiger partial charge in [0.1, 0.15) is 17.5 Å². The number of carbonyl (C=O) groups is 1. The van der Waals surface area contributed by atoms with Crippen molar-refractivity contribution in [2.75, 3.05) is 7.11 Å². The molecule has 0 aromatic heterocycles. The van der Waals surface area contributed by atoms with Crippen LogP contribution >= 0.6 is 12.4 Å². The van der Waals surface area contributed by atoms with Crippen LogP contribution in [0.5, 0.6) is 0 Å². The van der Waals surface area contributed by atoms with Crippen LogP contribution in [0.3, 0.4) is 0 Å². The maximum absolute atomic E-state index is 13.2. The quantitative estimate of drug-likeness (QED) is 0.855. The van der Waals surface area contributed by atoms with Gasteiger partial charge in [-0.25, -0.2) is 13.2 Å². The topological polar surface area (TPSA) is 52.3 Å². The van der Waals surface area contributed by atoms with E-state index in [1.54, 1.807) is 0 Å². The molecule has 0 saturated carbocycles. The Labute approximate surface area is 102 Å². The lowest BCUT2D eigenvalue weighted by Gasteiger charge is -2.12. The Morgan fingerprint density at radius 2 is 1.82 bits per heavy atom. The van der Waals surface area contributed by atoms with E-state index >= 15 is 0 Å². The molecule has 1 rings (SSSR count). The molecule has 0 aliphatic carbocycles. The Morgan fingerprint density at radius 3 is 2.24 bits per heavy atom. The maximum Gasteiger partial charge on any atom is 0.307 e. The molecule has 3 nitrogen and oxygen atoms in total. The third kappa shape index (κ3) is 3.90. The molecule has 0 unspecified atom stereocenters. The van der Waals surface area contributed by atoms with Gasteiger partial charge >= 0.3 is 5.97 Å². The van der Waals surface area contributed by atoms with Gasteiger partial charge in [-0.05, 0) is 0 Å². The standard InChI is InChI=1S/C10H10F3NO2.ClH/c1-16-9(15)4-8(14)10-6(12)2-5(11)3-7(10)13;/h2-3,8H,4,14H2,1H3;1H/t8-;/m1./s1. The molecule has 17 heavy (non-hydrogen) atoms. The summed E-state index contributed by atoms with van der Waals surface area (Å²) in [7, 11) is 1.13. The lowest BCUT2D eigenvalue weighted by atomic mass is 10.0. The van der Waals surface area contributed by atoms with Crippen LogP contribution in [0.2, 0.25) is 0 Å². The summed E-state index contributed by atoms with van der Waals surface area (Å²) in [4.78, 5) is 10.9. The van der Waals surface area contributed by atoms with Gasteiger partial charge in [0.05, 0.1) is 13.5 Å². The second kappa shape index (κ2) is 6.46. The van der Waals surface area contributed by atoms with Gasteiger partial charge in [-0.3, -0.25) is 4.79 Å². The second-order valence-corrected chi connectivity index (χ2v) is 3.17. The van der Waals surface area contributed by atoms with Gasteiger partial charge in [0.2, 0.25) is 0 Å². The molecule has 0 aliphatic heterocycles. The van der Waals surface area contributed by atoms with Crippen molar-refractivity contribution in [3.05, 3.63) is 35.1 Å². The number of rotatable bonds is 3. The van der Waals surface area contributed by atoms with Crippen LogP contribution in [-0.2, 0) is 9.53 Å². The second-order valence-electron chi connectivity index (χ2n) is 3.17. The Kier molecular flexibility index (Phi) is 5.98. The van der Waals surface area contributed by atoms with Crippen LogP contribution in [0.25, 0.3) is 0 Å². The van der Waals surface area contributed by atoms with E-state index in [0.29, 0.717) is 12.1 Å². The first kappa shape index (κ1) is 15.7. The van der Waals surface area contributed by atoms with E-state index in [1.807, 2.05) is 0 Å². The van der Waals surface area contributed by atoms with E-state index in [2.05, 4.69) is 4.74 Å². The SMILES string of the molecule is COC(=O)C[C@@H](N)c1c(F)cc(F)cc1F.Cl. The van der Waals surface area contributed by atoms with Crippen molar-refractivity contribution in [2.24, 2.45) is 5.73 Å². The molecular formula is C10H11ClF3NO2. The van der Waals surface area contributed by atoms with Crippen LogP contribution in [-0.4, -0.2) is 13.1 Å². The zero-order chi connectivity index (χ0) is 12.3. The molecule has 0 radical (unpaired) electrons. The molecule has 2 N–H and O–H groups in total. The van der Waals surface area contributed by atoms with Gasteiger partial charge < -0.3 is 10.5 Å². The normalized spacial score (nSPS) is 11.6. The summed E-state index contributed by atoms with van der Waals surface area (Å²) in [5, 5.41) is 0. The molecule has 1 atom stereocenters. The highest BCUT2D eigenvalue weighted by atomic mass is 35.5. The zero-order valence-corrected chi connectivity index (χ0v) is 9.69. The number of carbonyl (C=O) groups excluding carboxylic acids is 1. The molecule has 0 amide bonds. The number of nitrogens with two attached hydrogens (primary N) is 1. The minimum absolute atomic E-state index is 0. The molecule has 0 aliphatic rings. The van der Waals surface area contributed by atoms with Crippen molar-refractivity contribution in [1.82, 2.24) is 0 Å². The average molecular weight is 270 g/mol. The van der Waals surface area contributed by atoms with E-state index in [0.717, 1.165) is 7.11 Å². The van der Waals surface area contributed by atoms with Gasteiger partial charge in [0.25, 0.3) is 0 Å². The molecule has 1 aromatic carbocycles. The largest absolute Gasteiger partial charge is 0.469 e. The molecular weight excluding hydrogens is 259 g/mol. The van der Waals surface area contributed by atoms with Crippen LogP contribution in [0.4, 0.5) is 13.2 Å². The number of esters is 1. The monoisotopic (exact) mass is 269 g/mol. The highest BCUT2D eigenvalue weighted by Crippen LogP contribution is 2.22. The fourth-order valence-electron chi connectivity index (χ4n) is 1.27. The Balaban J connectivity index is 0.00000256. The van der Waals surface area contributed by atoms with Gasteiger partial charge in [-0.15, -0.1) is 12.4 Å². The average Bonchev–Trinajstić information content (AvgIpc) is 2.15. The molecule has 7 heteroatoms. The summed E-state index contributed by atoms with van der Waals surface area (Å²) in [6, 6.07) is -0.182. The minimum Gasteiger partial charge on any atom is -0.469 e. The predicted molar refractivity (Wildman–Crippen MR) is 57.1 cm³/mol. The summed E-state index contributed by atoms with van der Waals surface area (Å²) >= 11 is 0. The highest BCUT2D eigenvalue weighted by Gasteiger charge is 2.20. The number of ether oxygens (including phenoxy) is 1. The lowest BCUT2D eigenvalue weighted by molar-refractivity contribution is -0.141. The minimum atomic E-state index is -1.20. The third-order valence-corrected chi connectivity index (χ3v) is 2.03. The van der Waals surface area contributed by atoms with Gasteiger partial charge in [-0.2, -0.15) is 0 Å². The van der Waals surface area contributed by atoms with Crippen molar-refractivity contribution in [3.8, 4) is 0 Å². The summed E-state index contributed by atoms with van der Waals surface area (Å²) in [6.07, 6.45) is -0.379. The Morgan fingerprint density at radius 1 is 1.35 bits per heavy atom. The molecule has 1 aromatic rings. The van der Waals surface area contributed by atoms with Crippen LogP contribution in [0.1, 0.15) is 18.0 Å². The van der Waals surface area contributed by atoms with Crippen molar-refractivity contribution >= 4 is 18.4 Å². The fraction of sp³-hybridized carbons (Fsp3) is 0.300. The van der Waals surface area contributed by atoms with E-state index in [-0.39, 0.29) is 18.8 Å². The first-order chi connectivity index (χ1) is 7.45. The van der Waals surface area contributed by atoms with Crippen molar-refractivity contribution in [2.45, 2.75) is 12.5 Å². The number of halogens is 4. The van der Waals surface area contributed by atoms with Crippen molar-refractivity contribution in [3.63, 3.8) is 0 Å². The number of hydrogen-bond donors (Lipinski definition) is 1. The van der Waals surface area contributed by atoms with E-state index in [1.165, 1.54) is 0 Å². The number of hydrogen-bond acceptors (Lipinski definition) is 3. The number of methoxy groups -OCH3 is 1. The summed E-state index contributed by atoms with van der Waals surface area (Å²) in [5.41, 5.74) is 4.90. The van der Waals surface area contributed by atoms with Crippen LogP contribution in [0.15, 0.2) is 12.1 Å². The van der Waals surface area contributed by atoms with Gasteiger partial charge in [0, 0.05) is 23.7 Å². The predicted octanol–water partition coefficient (Wildman–Crippen LogP) is 2.09. The molecule has 0 spiro atoms. The Hall–Kier alpha value is -1.27. The van der Waals surface area contributed by atoms with E-state index < -0.39 is 35.0 Å². The lowest BCUT2D eigenvalue weighted by Crippen LogP contribution is -2.19. The van der Waals surface area contributed by atoms with Gasteiger partial charge in [-0.1, -0.05) is 0 Å². The highest BCUT2D eigenvalue weighted by molar-refractivity contribution is 5.85. The summed E-state index contributed by atoms with van der Waals surface area (Å²) in [5.74, 6) is -3.97. The van der Waals surface area contributed by atoms with Crippen molar-refractivity contribution in [1.29, 1.82) is 0 Å². The first-order valence-corrected chi connectivity index (χ1v) is 4.42. The van der Waals surface area contributed by atoms with Crippen molar-refractivity contribution < 1.29 is 22.7 Å². The zero-order valence-electron chi connectivity index (χ0n) is 8.88. The van der Waals surface area contributed by atoms with E-state index in [4.69, 9.17) is 5.73 Å². The summed E-state index contributed by atoms with van der Waals surface area (Å²) < 4.78 is 43.3. The van der Waals surface area contributed by atoms with Crippen LogP contribution in [0, 0.1) is 17.5 Å². The third-order valence-electron chi connectivity index (χ3n) is 2.03. The Bertz CT molecular complexity index is 392. The number of benzene rings is 1. The molecule has 0 saturated heterocycles. The van der Waals surface area contributed by atoms with Crippen LogP contribution < -0.4 is 5.73 Å². The first-order valence-electron chi connectivity index (χ1n) is 4.42. The smallest absolute Gasteiger partial charge is 0.307 e. The van der Waals surface area contributed by atoms with E-state index in [9.17, 15) is 18.0 Å². The molecule has 0 fully saturated rings.